The second kappa shape index (κ2) is 4.62. The molecular formula is C9H16N2O3S. The molecule has 0 saturated heterocycles. The summed E-state index contributed by atoms with van der Waals surface area (Å²) in [4.78, 5) is 11.5. The maximum atomic E-state index is 11.5. The van der Waals surface area contributed by atoms with Gasteiger partial charge in [-0.3, -0.25) is 4.79 Å². The smallest absolute Gasteiger partial charge is 0.239 e. The average Bonchev–Trinajstić information content (AvgIpc) is 2.15. The van der Waals surface area contributed by atoms with Crippen LogP contribution in [0.3, 0.4) is 0 Å². The minimum atomic E-state index is -3.41. The van der Waals surface area contributed by atoms with Crippen LogP contribution in [0.25, 0.3) is 0 Å². The Balaban J connectivity index is 4.74. The average molecular weight is 232 g/mol. The topological polar surface area (TPSA) is 87.0 Å². The summed E-state index contributed by atoms with van der Waals surface area (Å²) in [5.74, 6) is -0.636. The molecule has 1 N–H and O–H groups in total. The van der Waals surface area contributed by atoms with E-state index in [2.05, 4.69) is 5.32 Å². The summed E-state index contributed by atoms with van der Waals surface area (Å²) in [5, 5.41) is 10.1. The number of amides is 1. The van der Waals surface area contributed by atoms with E-state index in [4.69, 9.17) is 5.26 Å². The maximum Gasteiger partial charge on any atom is 0.239 e. The highest BCUT2D eigenvalue weighted by molar-refractivity contribution is 7.92. The number of hydrogen-bond donors (Lipinski definition) is 1. The first-order valence-electron chi connectivity index (χ1n) is 4.58. The molecule has 0 aliphatic rings. The minimum absolute atomic E-state index is 0.422. The number of nitriles is 1. The van der Waals surface area contributed by atoms with Crippen molar-refractivity contribution in [2.24, 2.45) is 0 Å². The molecule has 0 rings (SSSR count). The lowest BCUT2D eigenvalue weighted by atomic mass is 10.0. The number of sulfone groups is 1. The van der Waals surface area contributed by atoms with Crippen molar-refractivity contribution < 1.29 is 13.2 Å². The number of carbonyl (C=O) groups excluding carboxylic acids is 1. The highest BCUT2D eigenvalue weighted by atomic mass is 32.2. The number of carbonyl (C=O) groups is 1. The Morgan fingerprint density at radius 1 is 1.60 bits per heavy atom. The molecule has 0 spiro atoms. The van der Waals surface area contributed by atoms with Gasteiger partial charge in [0, 0.05) is 6.26 Å². The molecular weight excluding hydrogens is 216 g/mol. The van der Waals surface area contributed by atoms with Crippen LogP contribution in [0.1, 0.15) is 27.2 Å². The zero-order valence-corrected chi connectivity index (χ0v) is 10.2. The zero-order valence-electron chi connectivity index (χ0n) is 9.36. The molecule has 0 aromatic rings. The molecule has 0 bridgehead atoms. The van der Waals surface area contributed by atoms with Crippen molar-refractivity contribution in [2.45, 2.75) is 38.0 Å². The molecule has 0 aromatic heterocycles. The van der Waals surface area contributed by atoms with Crippen LogP contribution in [0.15, 0.2) is 0 Å². The monoisotopic (exact) mass is 232 g/mol. The summed E-state index contributed by atoms with van der Waals surface area (Å²) in [6.07, 6.45) is 1.42. The van der Waals surface area contributed by atoms with E-state index in [9.17, 15) is 13.2 Å². The van der Waals surface area contributed by atoms with Gasteiger partial charge in [-0.05, 0) is 20.3 Å². The van der Waals surface area contributed by atoms with Gasteiger partial charge in [0.15, 0.2) is 9.84 Å². The normalized spacial score (nSPS) is 17.3. The molecule has 0 fully saturated rings. The van der Waals surface area contributed by atoms with E-state index in [0.717, 1.165) is 6.26 Å². The summed E-state index contributed by atoms with van der Waals surface area (Å²) in [6.45, 7) is 4.60. The van der Waals surface area contributed by atoms with Crippen LogP contribution in [-0.2, 0) is 14.6 Å². The van der Waals surface area contributed by atoms with Gasteiger partial charge in [-0.1, -0.05) is 6.92 Å². The first-order chi connectivity index (χ1) is 6.66. The Morgan fingerprint density at radius 3 is 2.33 bits per heavy atom. The molecule has 1 amide bonds. The standard InChI is InChI=1S/C9H16N2O3S/c1-5-9(3,6-10)11-8(12)7(2)15(4,13)14/h7H,5H2,1-4H3,(H,11,12). The Hall–Kier alpha value is -1.09. The first-order valence-corrected chi connectivity index (χ1v) is 6.54. The van der Waals surface area contributed by atoms with E-state index in [1.165, 1.54) is 6.92 Å². The van der Waals surface area contributed by atoms with Crippen LogP contribution >= 0.6 is 0 Å². The lowest BCUT2D eigenvalue weighted by Crippen LogP contribution is -2.49. The van der Waals surface area contributed by atoms with Gasteiger partial charge in [-0.25, -0.2) is 8.42 Å². The molecule has 86 valence electrons. The van der Waals surface area contributed by atoms with Gasteiger partial charge >= 0.3 is 0 Å². The fourth-order valence-corrected chi connectivity index (χ4v) is 1.21. The highest BCUT2D eigenvalue weighted by Gasteiger charge is 2.30. The summed E-state index contributed by atoms with van der Waals surface area (Å²) >= 11 is 0. The van der Waals surface area contributed by atoms with Crippen molar-refractivity contribution in [1.29, 1.82) is 5.26 Å². The fraction of sp³-hybridized carbons (Fsp3) is 0.778. The molecule has 2 unspecified atom stereocenters. The molecule has 0 aliphatic carbocycles. The third-order valence-electron chi connectivity index (χ3n) is 2.36. The predicted octanol–water partition coefficient (Wildman–Crippen LogP) is 0.228. The number of hydrogen-bond acceptors (Lipinski definition) is 4. The van der Waals surface area contributed by atoms with Gasteiger partial charge in [-0.15, -0.1) is 0 Å². The third kappa shape index (κ3) is 3.88. The highest BCUT2D eigenvalue weighted by Crippen LogP contribution is 2.09. The Bertz CT molecular complexity index is 383. The van der Waals surface area contributed by atoms with E-state index in [1.807, 2.05) is 6.07 Å². The number of nitrogens with one attached hydrogen (secondary N) is 1. The van der Waals surface area contributed by atoms with Gasteiger partial charge in [0.2, 0.25) is 5.91 Å². The van der Waals surface area contributed by atoms with E-state index >= 15 is 0 Å². The quantitative estimate of drug-likeness (QED) is 0.751. The summed E-state index contributed by atoms with van der Waals surface area (Å²) in [5.41, 5.74) is -1.00. The van der Waals surface area contributed by atoms with Crippen LogP contribution in [0.5, 0.6) is 0 Å². The Labute approximate surface area is 90.4 Å². The number of nitrogens with zero attached hydrogens (tertiary/aromatic N) is 1. The molecule has 2 atom stereocenters. The van der Waals surface area contributed by atoms with Gasteiger partial charge in [0.25, 0.3) is 0 Å². The van der Waals surface area contributed by atoms with Crippen LogP contribution < -0.4 is 5.32 Å². The van der Waals surface area contributed by atoms with E-state index < -0.39 is 26.5 Å². The van der Waals surface area contributed by atoms with Gasteiger partial charge in [-0.2, -0.15) is 5.26 Å². The van der Waals surface area contributed by atoms with Crippen LogP contribution in [0, 0.1) is 11.3 Å². The third-order valence-corrected chi connectivity index (χ3v) is 3.86. The molecule has 0 radical (unpaired) electrons. The van der Waals surface area contributed by atoms with Crippen molar-refractivity contribution in [2.75, 3.05) is 6.26 Å². The zero-order chi connectivity index (χ0) is 12.3. The fourth-order valence-electron chi connectivity index (χ4n) is 0.763. The first kappa shape index (κ1) is 13.9. The van der Waals surface area contributed by atoms with Crippen LogP contribution in [0.2, 0.25) is 0 Å². The molecule has 15 heavy (non-hydrogen) atoms. The van der Waals surface area contributed by atoms with Crippen molar-refractivity contribution in [3.05, 3.63) is 0 Å². The van der Waals surface area contributed by atoms with E-state index in [1.54, 1.807) is 13.8 Å². The van der Waals surface area contributed by atoms with E-state index in [-0.39, 0.29) is 0 Å². The van der Waals surface area contributed by atoms with Crippen LogP contribution in [-0.4, -0.2) is 31.4 Å². The number of rotatable bonds is 4. The van der Waals surface area contributed by atoms with Gasteiger partial charge in [0.1, 0.15) is 10.8 Å². The Morgan fingerprint density at radius 2 is 2.07 bits per heavy atom. The second-order valence-electron chi connectivity index (χ2n) is 3.76. The summed E-state index contributed by atoms with van der Waals surface area (Å²) < 4.78 is 22.2. The van der Waals surface area contributed by atoms with Crippen molar-refractivity contribution in [3.8, 4) is 6.07 Å². The van der Waals surface area contributed by atoms with Gasteiger partial charge in [0.05, 0.1) is 6.07 Å². The molecule has 6 heteroatoms. The summed E-state index contributed by atoms with van der Waals surface area (Å²) in [6, 6.07) is 1.94. The van der Waals surface area contributed by atoms with Crippen molar-refractivity contribution in [3.63, 3.8) is 0 Å². The SMILES string of the molecule is CCC(C)(C#N)NC(=O)C(C)S(C)(=O)=O. The molecule has 5 nitrogen and oxygen atoms in total. The largest absolute Gasteiger partial charge is 0.337 e. The van der Waals surface area contributed by atoms with Gasteiger partial charge < -0.3 is 5.32 Å². The molecule has 0 saturated carbocycles. The maximum absolute atomic E-state index is 11.5. The van der Waals surface area contributed by atoms with E-state index in [0.29, 0.717) is 6.42 Å². The van der Waals surface area contributed by atoms with Crippen LogP contribution in [0.4, 0.5) is 0 Å². The lowest BCUT2D eigenvalue weighted by molar-refractivity contribution is -0.121. The van der Waals surface area contributed by atoms with Crippen molar-refractivity contribution in [1.82, 2.24) is 5.32 Å². The minimum Gasteiger partial charge on any atom is -0.337 e. The molecule has 0 heterocycles. The predicted molar refractivity (Wildman–Crippen MR) is 56.8 cm³/mol. The Kier molecular flexibility index (Phi) is 4.28. The van der Waals surface area contributed by atoms with Crippen molar-refractivity contribution >= 4 is 15.7 Å². The summed E-state index contributed by atoms with van der Waals surface area (Å²) in [7, 11) is -3.41. The molecule has 0 aliphatic heterocycles. The molecule has 0 aromatic carbocycles. The lowest BCUT2D eigenvalue weighted by Gasteiger charge is -2.22. The second-order valence-corrected chi connectivity index (χ2v) is 6.12.